The van der Waals surface area contributed by atoms with Crippen LogP contribution in [0.5, 0.6) is 0 Å². The smallest absolute Gasteiger partial charge is 0.316 e. The summed E-state index contributed by atoms with van der Waals surface area (Å²) in [5.41, 5.74) is 5.65. The third-order valence-corrected chi connectivity index (χ3v) is 2.92. The second kappa shape index (κ2) is 6.23. The van der Waals surface area contributed by atoms with E-state index in [2.05, 4.69) is 10.6 Å². The molecule has 0 atom stereocenters. The number of anilines is 2. The summed E-state index contributed by atoms with van der Waals surface area (Å²) in [6.07, 6.45) is 0. The molecule has 0 unspecified atom stereocenters. The molecule has 0 aliphatic carbocycles. The lowest BCUT2D eigenvalue weighted by molar-refractivity contribution is 0.102. The summed E-state index contributed by atoms with van der Waals surface area (Å²) in [6, 6.07) is 9.48. The number of primary amides is 1. The molecule has 0 heterocycles. The van der Waals surface area contributed by atoms with E-state index in [4.69, 9.17) is 17.3 Å². The Morgan fingerprint density at radius 3 is 2.10 bits per heavy atom. The molecule has 0 radical (unpaired) electrons. The number of nitrogens with two attached hydrogens (primary N) is 1. The maximum Gasteiger partial charge on any atom is 0.316 e. The topological polar surface area (TPSA) is 84.2 Å². The molecule has 0 saturated carbocycles. The minimum absolute atomic E-state index is 0.0273. The van der Waals surface area contributed by atoms with E-state index in [1.165, 1.54) is 24.3 Å². The summed E-state index contributed by atoms with van der Waals surface area (Å²) in [5, 5.41) is 4.92. The van der Waals surface area contributed by atoms with Crippen LogP contribution in [0.25, 0.3) is 0 Å². The third kappa shape index (κ3) is 3.70. The molecule has 2 rings (SSSR count). The van der Waals surface area contributed by atoms with E-state index in [0.29, 0.717) is 11.4 Å². The van der Waals surface area contributed by atoms with Gasteiger partial charge >= 0.3 is 6.03 Å². The number of halogens is 2. The summed E-state index contributed by atoms with van der Waals surface area (Å²) >= 11 is 5.81. The zero-order valence-corrected chi connectivity index (χ0v) is 11.4. The van der Waals surface area contributed by atoms with Crippen LogP contribution in [0.3, 0.4) is 0 Å². The minimum Gasteiger partial charge on any atom is -0.351 e. The molecule has 0 spiro atoms. The Morgan fingerprint density at radius 2 is 1.57 bits per heavy atom. The second-order valence-corrected chi connectivity index (χ2v) is 4.52. The quantitative estimate of drug-likeness (QED) is 0.813. The van der Waals surface area contributed by atoms with Crippen molar-refractivity contribution in [2.45, 2.75) is 0 Å². The van der Waals surface area contributed by atoms with E-state index in [0.717, 1.165) is 6.07 Å². The first-order valence-electron chi connectivity index (χ1n) is 5.89. The molecular formula is C14H11ClFN3O2. The first-order valence-corrected chi connectivity index (χ1v) is 6.27. The van der Waals surface area contributed by atoms with E-state index in [-0.39, 0.29) is 10.6 Å². The summed E-state index contributed by atoms with van der Waals surface area (Å²) in [6.45, 7) is 0. The van der Waals surface area contributed by atoms with Crippen LogP contribution in [-0.4, -0.2) is 11.9 Å². The second-order valence-electron chi connectivity index (χ2n) is 4.12. The number of carbonyl (C=O) groups excluding carboxylic acids is 2. The number of amides is 3. The number of carbonyl (C=O) groups is 2. The van der Waals surface area contributed by atoms with Gasteiger partial charge in [0.05, 0.1) is 10.6 Å². The largest absolute Gasteiger partial charge is 0.351 e. The molecule has 7 heteroatoms. The van der Waals surface area contributed by atoms with E-state index in [9.17, 15) is 14.0 Å². The lowest BCUT2D eigenvalue weighted by Crippen LogP contribution is -2.19. The SMILES string of the molecule is NC(=O)Nc1ccc(NC(=O)c2c(F)cccc2Cl)cc1. The summed E-state index contributed by atoms with van der Waals surface area (Å²) in [5.74, 6) is -1.36. The minimum atomic E-state index is -0.702. The highest BCUT2D eigenvalue weighted by Gasteiger charge is 2.15. The third-order valence-electron chi connectivity index (χ3n) is 2.60. The molecule has 4 N–H and O–H groups in total. The van der Waals surface area contributed by atoms with Crippen molar-refractivity contribution in [3.8, 4) is 0 Å². The summed E-state index contributed by atoms with van der Waals surface area (Å²) < 4.78 is 13.6. The molecule has 108 valence electrons. The van der Waals surface area contributed by atoms with Crippen molar-refractivity contribution < 1.29 is 14.0 Å². The Balaban J connectivity index is 2.14. The molecule has 2 aromatic carbocycles. The fourth-order valence-corrected chi connectivity index (χ4v) is 1.94. The molecule has 0 aliphatic rings. The number of hydrogen-bond acceptors (Lipinski definition) is 2. The van der Waals surface area contributed by atoms with Gasteiger partial charge in [-0.25, -0.2) is 9.18 Å². The van der Waals surface area contributed by atoms with Gasteiger partial charge in [0, 0.05) is 11.4 Å². The predicted molar refractivity (Wildman–Crippen MR) is 79.0 cm³/mol. The Bertz CT molecular complexity index is 669. The maximum atomic E-state index is 13.6. The first-order chi connectivity index (χ1) is 9.97. The van der Waals surface area contributed by atoms with Gasteiger partial charge < -0.3 is 16.4 Å². The molecule has 0 fully saturated rings. The fraction of sp³-hybridized carbons (Fsp3) is 0. The number of benzene rings is 2. The van der Waals surface area contributed by atoms with Crippen molar-refractivity contribution in [3.63, 3.8) is 0 Å². The highest BCUT2D eigenvalue weighted by atomic mass is 35.5. The molecule has 3 amide bonds. The summed E-state index contributed by atoms with van der Waals surface area (Å²) in [7, 11) is 0. The zero-order chi connectivity index (χ0) is 15.4. The van der Waals surface area contributed by atoms with Gasteiger partial charge in [-0.1, -0.05) is 17.7 Å². The average Bonchev–Trinajstić information content (AvgIpc) is 2.40. The standard InChI is InChI=1S/C14H11ClFN3O2/c15-10-2-1-3-11(16)12(10)13(20)18-8-4-6-9(7-5-8)19-14(17)21/h1-7H,(H,18,20)(H3,17,19,21). The molecular weight excluding hydrogens is 297 g/mol. The van der Waals surface area contributed by atoms with Crippen LogP contribution in [0.2, 0.25) is 5.02 Å². The highest BCUT2D eigenvalue weighted by molar-refractivity contribution is 6.34. The maximum absolute atomic E-state index is 13.6. The normalized spacial score (nSPS) is 10.0. The van der Waals surface area contributed by atoms with E-state index in [1.807, 2.05) is 0 Å². The molecule has 0 bridgehead atoms. The number of rotatable bonds is 3. The van der Waals surface area contributed by atoms with Crippen LogP contribution >= 0.6 is 11.6 Å². The van der Waals surface area contributed by atoms with Gasteiger partial charge in [0.1, 0.15) is 5.82 Å². The number of hydrogen-bond donors (Lipinski definition) is 3. The lowest BCUT2D eigenvalue weighted by atomic mass is 10.2. The Hall–Kier alpha value is -2.60. The van der Waals surface area contributed by atoms with Gasteiger partial charge in [0.15, 0.2) is 0 Å². The van der Waals surface area contributed by atoms with Gasteiger partial charge in [-0.2, -0.15) is 0 Å². The van der Waals surface area contributed by atoms with Crippen LogP contribution < -0.4 is 16.4 Å². The molecule has 2 aromatic rings. The van der Waals surface area contributed by atoms with Gasteiger partial charge in [-0.05, 0) is 36.4 Å². The molecule has 0 aliphatic heterocycles. The number of urea groups is 1. The predicted octanol–water partition coefficient (Wildman–Crippen LogP) is 3.22. The first kappa shape index (κ1) is 14.8. The van der Waals surface area contributed by atoms with Crippen molar-refractivity contribution in [1.29, 1.82) is 0 Å². The lowest BCUT2D eigenvalue weighted by Gasteiger charge is -2.08. The van der Waals surface area contributed by atoms with Gasteiger partial charge in [0.25, 0.3) is 5.91 Å². The zero-order valence-electron chi connectivity index (χ0n) is 10.7. The van der Waals surface area contributed by atoms with Crippen LogP contribution in [0, 0.1) is 5.82 Å². The monoisotopic (exact) mass is 307 g/mol. The van der Waals surface area contributed by atoms with E-state index < -0.39 is 17.8 Å². The van der Waals surface area contributed by atoms with Gasteiger partial charge in [-0.15, -0.1) is 0 Å². The highest BCUT2D eigenvalue weighted by Crippen LogP contribution is 2.21. The molecule has 0 saturated heterocycles. The molecule has 5 nitrogen and oxygen atoms in total. The van der Waals surface area contributed by atoms with Crippen molar-refractivity contribution in [2.75, 3.05) is 10.6 Å². The van der Waals surface area contributed by atoms with Crippen LogP contribution in [0.4, 0.5) is 20.6 Å². The van der Waals surface area contributed by atoms with Crippen molar-refractivity contribution in [3.05, 3.63) is 58.9 Å². The van der Waals surface area contributed by atoms with E-state index >= 15 is 0 Å². The van der Waals surface area contributed by atoms with Gasteiger partial charge in [0.2, 0.25) is 0 Å². The van der Waals surface area contributed by atoms with Crippen LogP contribution in [-0.2, 0) is 0 Å². The summed E-state index contributed by atoms with van der Waals surface area (Å²) in [4.78, 5) is 22.7. The fourth-order valence-electron chi connectivity index (χ4n) is 1.69. The van der Waals surface area contributed by atoms with E-state index in [1.54, 1.807) is 12.1 Å². The van der Waals surface area contributed by atoms with Crippen LogP contribution in [0.1, 0.15) is 10.4 Å². The average molecular weight is 308 g/mol. The van der Waals surface area contributed by atoms with Crippen molar-refractivity contribution in [1.82, 2.24) is 0 Å². The van der Waals surface area contributed by atoms with Crippen molar-refractivity contribution in [2.24, 2.45) is 5.73 Å². The van der Waals surface area contributed by atoms with Gasteiger partial charge in [-0.3, -0.25) is 4.79 Å². The Labute approximate surface area is 124 Å². The number of nitrogens with one attached hydrogen (secondary N) is 2. The Morgan fingerprint density at radius 1 is 1.00 bits per heavy atom. The van der Waals surface area contributed by atoms with Crippen LogP contribution in [0.15, 0.2) is 42.5 Å². The Kier molecular flexibility index (Phi) is 4.39. The molecule has 21 heavy (non-hydrogen) atoms. The van der Waals surface area contributed by atoms with Crippen molar-refractivity contribution >= 4 is 34.9 Å². The molecule has 0 aromatic heterocycles.